The van der Waals surface area contributed by atoms with E-state index in [1.165, 1.54) is 12.1 Å². The van der Waals surface area contributed by atoms with Gasteiger partial charge in [0.1, 0.15) is 5.82 Å². The van der Waals surface area contributed by atoms with Crippen molar-refractivity contribution in [3.8, 4) is 0 Å². The Morgan fingerprint density at radius 3 is 2.63 bits per heavy atom. The zero-order chi connectivity index (χ0) is 14.0. The molecule has 98 valence electrons. The molecule has 0 aliphatic carbocycles. The summed E-state index contributed by atoms with van der Waals surface area (Å²) in [7, 11) is 0. The Morgan fingerprint density at radius 2 is 2.11 bits per heavy atom. The molecule has 0 bridgehead atoms. The highest BCUT2D eigenvalue weighted by molar-refractivity contribution is 6.02. The van der Waals surface area contributed by atoms with Gasteiger partial charge in [0.2, 0.25) is 5.76 Å². The molecular formula is C12H9FN2O4. The largest absolute Gasteiger partial charge is 0.478 e. The van der Waals surface area contributed by atoms with Crippen molar-refractivity contribution in [3.63, 3.8) is 0 Å². The first kappa shape index (κ1) is 12.7. The van der Waals surface area contributed by atoms with Crippen LogP contribution >= 0.6 is 0 Å². The zero-order valence-electron chi connectivity index (χ0n) is 9.81. The third-order valence-corrected chi connectivity index (χ3v) is 2.31. The van der Waals surface area contributed by atoms with Crippen molar-refractivity contribution in [1.82, 2.24) is 5.16 Å². The van der Waals surface area contributed by atoms with E-state index >= 15 is 0 Å². The Morgan fingerprint density at radius 1 is 1.37 bits per heavy atom. The molecular weight excluding hydrogens is 255 g/mol. The van der Waals surface area contributed by atoms with Gasteiger partial charge in [0.25, 0.3) is 5.91 Å². The molecule has 2 N–H and O–H groups in total. The molecule has 6 nitrogen and oxygen atoms in total. The van der Waals surface area contributed by atoms with Crippen LogP contribution in [0.4, 0.5) is 10.1 Å². The van der Waals surface area contributed by atoms with Crippen molar-refractivity contribution in [2.24, 2.45) is 0 Å². The molecule has 1 aromatic heterocycles. The lowest BCUT2D eigenvalue weighted by Crippen LogP contribution is -2.11. The van der Waals surface area contributed by atoms with Gasteiger partial charge in [-0.05, 0) is 25.1 Å². The predicted molar refractivity (Wildman–Crippen MR) is 62.6 cm³/mol. The minimum absolute atomic E-state index is 0.0137. The second-order valence-corrected chi connectivity index (χ2v) is 3.79. The van der Waals surface area contributed by atoms with Crippen LogP contribution in [-0.2, 0) is 0 Å². The van der Waals surface area contributed by atoms with Crippen molar-refractivity contribution < 1.29 is 23.6 Å². The molecule has 0 aliphatic heterocycles. The number of rotatable bonds is 3. The lowest BCUT2D eigenvalue weighted by Gasteiger charge is -2.04. The van der Waals surface area contributed by atoms with E-state index in [4.69, 9.17) is 9.63 Å². The number of benzene rings is 1. The Bertz CT molecular complexity index is 651. The van der Waals surface area contributed by atoms with Gasteiger partial charge in [-0.15, -0.1) is 0 Å². The highest BCUT2D eigenvalue weighted by atomic mass is 19.1. The third-order valence-electron chi connectivity index (χ3n) is 2.31. The van der Waals surface area contributed by atoms with Gasteiger partial charge in [-0.3, -0.25) is 4.79 Å². The molecule has 1 heterocycles. The van der Waals surface area contributed by atoms with Crippen LogP contribution in [0.3, 0.4) is 0 Å². The van der Waals surface area contributed by atoms with E-state index in [1.807, 2.05) is 0 Å². The van der Waals surface area contributed by atoms with E-state index in [0.717, 1.165) is 12.1 Å². The molecule has 19 heavy (non-hydrogen) atoms. The number of aryl methyl sites for hydroxylation is 1. The molecule has 0 saturated carbocycles. The average molecular weight is 264 g/mol. The fraction of sp³-hybridized carbons (Fsp3) is 0.0833. The number of hydrogen-bond donors (Lipinski definition) is 2. The first-order chi connectivity index (χ1) is 8.97. The maximum atomic E-state index is 13.4. The summed E-state index contributed by atoms with van der Waals surface area (Å²) in [6.45, 7) is 1.65. The number of carboxylic acid groups (broad SMARTS) is 1. The molecule has 0 atom stereocenters. The molecule has 7 heteroatoms. The second kappa shape index (κ2) is 4.89. The first-order valence-electron chi connectivity index (χ1n) is 5.25. The number of hydrogen-bond acceptors (Lipinski definition) is 4. The van der Waals surface area contributed by atoms with E-state index in [-0.39, 0.29) is 11.4 Å². The Labute approximate surface area is 106 Å². The van der Waals surface area contributed by atoms with Crippen LogP contribution in [-0.4, -0.2) is 22.1 Å². The van der Waals surface area contributed by atoms with E-state index in [2.05, 4.69) is 10.5 Å². The van der Waals surface area contributed by atoms with Crippen molar-refractivity contribution in [2.75, 3.05) is 5.32 Å². The van der Waals surface area contributed by atoms with E-state index in [0.29, 0.717) is 5.69 Å². The molecule has 0 fully saturated rings. The van der Waals surface area contributed by atoms with Crippen LogP contribution in [0.25, 0.3) is 0 Å². The molecule has 1 aromatic carbocycles. The Hall–Kier alpha value is -2.70. The van der Waals surface area contributed by atoms with Gasteiger partial charge in [0, 0.05) is 11.8 Å². The lowest BCUT2D eigenvalue weighted by atomic mass is 10.2. The molecule has 0 aliphatic rings. The lowest BCUT2D eigenvalue weighted by molar-refractivity contribution is 0.0692. The first-order valence-corrected chi connectivity index (χ1v) is 5.25. The number of carbonyl (C=O) groups is 2. The standard InChI is InChI=1S/C12H9FN2O4/c1-6-4-10(19-15-6)11(16)14-7-2-3-8(12(17)18)9(13)5-7/h2-5H,1H3,(H,14,16)(H,17,18). The highest BCUT2D eigenvalue weighted by Gasteiger charge is 2.14. The summed E-state index contributed by atoms with van der Waals surface area (Å²) in [6, 6.07) is 4.70. The monoisotopic (exact) mass is 264 g/mol. The van der Waals surface area contributed by atoms with Gasteiger partial charge in [-0.25, -0.2) is 9.18 Å². The molecule has 2 rings (SSSR count). The fourth-order valence-corrected chi connectivity index (χ4v) is 1.43. The summed E-state index contributed by atoms with van der Waals surface area (Å²) in [5, 5.41) is 14.6. The van der Waals surface area contributed by atoms with Crippen LogP contribution in [0.5, 0.6) is 0 Å². The van der Waals surface area contributed by atoms with Crippen LogP contribution in [0.15, 0.2) is 28.8 Å². The summed E-state index contributed by atoms with van der Waals surface area (Å²) in [4.78, 5) is 22.3. The van der Waals surface area contributed by atoms with Gasteiger partial charge < -0.3 is 14.9 Å². The second-order valence-electron chi connectivity index (χ2n) is 3.79. The van der Waals surface area contributed by atoms with E-state index in [9.17, 15) is 14.0 Å². The number of carboxylic acids is 1. The maximum Gasteiger partial charge on any atom is 0.338 e. The van der Waals surface area contributed by atoms with Crippen LogP contribution in [0, 0.1) is 12.7 Å². The van der Waals surface area contributed by atoms with Crippen molar-refractivity contribution in [1.29, 1.82) is 0 Å². The minimum Gasteiger partial charge on any atom is -0.478 e. The molecule has 0 spiro atoms. The number of nitrogens with zero attached hydrogens (tertiary/aromatic N) is 1. The number of carbonyl (C=O) groups excluding carboxylic acids is 1. The van der Waals surface area contributed by atoms with Gasteiger partial charge in [0.15, 0.2) is 0 Å². The summed E-state index contributed by atoms with van der Waals surface area (Å²) in [5.74, 6) is -2.91. The number of halogens is 1. The maximum absolute atomic E-state index is 13.4. The normalized spacial score (nSPS) is 10.2. The number of aromatic nitrogens is 1. The fourth-order valence-electron chi connectivity index (χ4n) is 1.43. The van der Waals surface area contributed by atoms with Gasteiger partial charge in [-0.2, -0.15) is 0 Å². The highest BCUT2D eigenvalue weighted by Crippen LogP contribution is 2.15. The number of amides is 1. The Kier molecular flexibility index (Phi) is 3.28. The van der Waals surface area contributed by atoms with Crippen molar-refractivity contribution in [3.05, 3.63) is 47.1 Å². The van der Waals surface area contributed by atoms with Crippen LogP contribution in [0.1, 0.15) is 26.6 Å². The van der Waals surface area contributed by atoms with Crippen LogP contribution in [0.2, 0.25) is 0 Å². The van der Waals surface area contributed by atoms with Gasteiger partial charge >= 0.3 is 5.97 Å². The summed E-state index contributed by atoms with van der Waals surface area (Å²) in [6.07, 6.45) is 0. The van der Waals surface area contributed by atoms with Crippen LogP contribution < -0.4 is 5.32 Å². The molecule has 1 amide bonds. The number of aromatic carboxylic acids is 1. The quantitative estimate of drug-likeness (QED) is 0.885. The van der Waals surface area contributed by atoms with E-state index in [1.54, 1.807) is 6.92 Å². The SMILES string of the molecule is Cc1cc(C(=O)Nc2ccc(C(=O)O)c(F)c2)on1. The van der Waals surface area contributed by atoms with E-state index < -0.39 is 23.3 Å². The summed E-state index contributed by atoms with van der Waals surface area (Å²) in [5.41, 5.74) is 0.201. The summed E-state index contributed by atoms with van der Waals surface area (Å²) >= 11 is 0. The average Bonchev–Trinajstić information content (AvgIpc) is 2.75. The Balaban J connectivity index is 2.18. The molecule has 0 unspecified atom stereocenters. The topological polar surface area (TPSA) is 92.4 Å². The van der Waals surface area contributed by atoms with Gasteiger partial charge in [0.05, 0.1) is 11.3 Å². The zero-order valence-corrected chi connectivity index (χ0v) is 9.81. The van der Waals surface area contributed by atoms with Crippen molar-refractivity contribution >= 4 is 17.6 Å². The summed E-state index contributed by atoms with van der Waals surface area (Å²) < 4.78 is 18.1. The smallest absolute Gasteiger partial charge is 0.338 e. The minimum atomic E-state index is -1.37. The van der Waals surface area contributed by atoms with Crippen molar-refractivity contribution in [2.45, 2.75) is 6.92 Å². The predicted octanol–water partition coefficient (Wildman–Crippen LogP) is 2.07. The molecule has 2 aromatic rings. The number of nitrogens with one attached hydrogen (secondary N) is 1. The van der Waals surface area contributed by atoms with Gasteiger partial charge in [-0.1, -0.05) is 5.16 Å². The third kappa shape index (κ3) is 2.76. The molecule has 0 radical (unpaired) electrons. The number of anilines is 1. The molecule has 0 saturated heterocycles.